The van der Waals surface area contributed by atoms with Crippen molar-refractivity contribution in [2.45, 2.75) is 26.7 Å². The molecular formula is C17H16Cl2N2O. The molecule has 1 aliphatic rings. The third-order valence-corrected chi connectivity index (χ3v) is 4.47. The van der Waals surface area contributed by atoms with Crippen molar-refractivity contribution in [3.63, 3.8) is 0 Å². The first-order valence-electron chi connectivity index (χ1n) is 7.21. The predicted molar refractivity (Wildman–Crippen MR) is 90.2 cm³/mol. The Kier molecular flexibility index (Phi) is 4.11. The van der Waals surface area contributed by atoms with Crippen LogP contribution in [0.3, 0.4) is 0 Å². The van der Waals surface area contributed by atoms with Crippen LogP contribution in [0.2, 0.25) is 10.2 Å². The molecule has 1 aliphatic heterocycles. The minimum atomic E-state index is -0.196. The van der Waals surface area contributed by atoms with Gasteiger partial charge in [0.2, 0.25) is 0 Å². The zero-order valence-corrected chi connectivity index (χ0v) is 14.0. The zero-order valence-electron chi connectivity index (χ0n) is 12.5. The average molecular weight is 335 g/mol. The highest BCUT2D eigenvalue weighted by Gasteiger charge is 2.27. The number of carbonyl (C=O) groups excluding carboxylic acids is 1. The molecule has 0 N–H and O–H groups in total. The highest BCUT2D eigenvalue weighted by Crippen LogP contribution is 2.32. The SMILES string of the molecule is Cc1cc(C)c2c(c1)N(C(=O)c1nc(Cl)ccc1Cl)CCC2. The molecule has 5 heteroatoms. The van der Waals surface area contributed by atoms with E-state index in [1.165, 1.54) is 11.1 Å². The van der Waals surface area contributed by atoms with Crippen LogP contribution >= 0.6 is 23.2 Å². The standard InChI is InChI=1S/C17H16Cl2N2O/c1-10-8-11(2)12-4-3-7-21(14(12)9-10)17(22)16-13(18)5-6-15(19)20-16/h5-6,8-9H,3-4,7H2,1-2H3. The zero-order chi connectivity index (χ0) is 15.9. The summed E-state index contributed by atoms with van der Waals surface area (Å²) in [5.41, 5.74) is 4.76. The molecule has 0 radical (unpaired) electrons. The van der Waals surface area contributed by atoms with Gasteiger partial charge in [0, 0.05) is 12.2 Å². The van der Waals surface area contributed by atoms with E-state index in [2.05, 4.69) is 24.0 Å². The Morgan fingerprint density at radius 3 is 2.77 bits per heavy atom. The molecule has 3 nitrogen and oxygen atoms in total. The summed E-state index contributed by atoms with van der Waals surface area (Å²) in [7, 11) is 0. The lowest BCUT2D eigenvalue weighted by Crippen LogP contribution is -2.36. The number of benzene rings is 1. The van der Waals surface area contributed by atoms with Crippen LogP contribution in [0.15, 0.2) is 24.3 Å². The molecule has 2 heterocycles. The Bertz CT molecular complexity index is 759. The number of anilines is 1. The maximum atomic E-state index is 12.9. The number of fused-ring (bicyclic) bond motifs is 1. The Morgan fingerprint density at radius 1 is 1.23 bits per heavy atom. The normalized spacial score (nSPS) is 13.9. The van der Waals surface area contributed by atoms with Crippen LogP contribution in [-0.4, -0.2) is 17.4 Å². The number of rotatable bonds is 1. The van der Waals surface area contributed by atoms with Crippen molar-refractivity contribution >= 4 is 34.8 Å². The van der Waals surface area contributed by atoms with Crippen LogP contribution in [0.25, 0.3) is 0 Å². The second-order valence-electron chi connectivity index (χ2n) is 5.60. The van der Waals surface area contributed by atoms with E-state index in [4.69, 9.17) is 23.2 Å². The van der Waals surface area contributed by atoms with Crippen molar-refractivity contribution in [1.29, 1.82) is 0 Å². The second-order valence-corrected chi connectivity index (χ2v) is 6.40. The minimum absolute atomic E-state index is 0.196. The van der Waals surface area contributed by atoms with Crippen LogP contribution in [0.1, 0.15) is 33.6 Å². The van der Waals surface area contributed by atoms with Crippen LogP contribution in [0, 0.1) is 13.8 Å². The number of hydrogen-bond acceptors (Lipinski definition) is 2. The monoisotopic (exact) mass is 334 g/mol. The first kappa shape index (κ1) is 15.3. The fourth-order valence-electron chi connectivity index (χ4n) is 2.98. The molecule has 0 aliphatic carbocycles. The van der Waals surface area contributed by atoms with Gasteiger partial charge in [-0.05, 0) is 61.6 Å². The number of aromatic nitrogens is 1. The quantitative estimate of drug-likeness (QED) is 0.714. The number of hydrogen-bond donors (Lipinski definition) is 0. The summed E-state index contributed by atoms with van der Waals surface area (Å²) in [5.74, 6) is -0.196. The van der Waals surface area contributed by atoms with Gasteiger partial charge in [0.15, 0.2) is 0 Å². The molecule has 1 aromatic heterocycles. The molecule has 0 spiro atoms. The fraction of sp³-hybridized carbons (Fsp3) is 0.294. The largest absolute Gasteiger partial charge is 0.307 e. The van der Waals surface area contributed by atoms with Crippen LogP contribution < -0.4 is 4.90 Å². The van der Waals surface area contributed by atoms with Gasteiger partial charge < -0.3 is 4.90 Å². The van der Waals surface area contributed by atoms with Gasteiger partial charge in [0.05, 0.1) is 5.02 Å². The van der Waals surface area contributed by atoms with Gasteiger partial charge in [0.25, 0.3) is 5.91 Å². The summed E-state index contributed by atoms with van der Waals surface area (Å²) in [6.45, 7) is 4.79. The number of carbonyl (C=O) groups is 1. The van der Waals surface area contributed by atoms with Crippen molar-refractivity contribution in [3.05, 3.63) is 56.8 Å². The highest BCUT2D eigenvalue weighted by molar-refractivity contribution is 6.35. The van der Waals surface area contributed by atoms with E-state index in [1.54, 1.807) is 17.0 Å². The number of halogens is 2. The molecule has 114 valence electrons. The van der Waals surface area contributed by atoms with Crippen molar-refractivity contribution in [1.82, 2.24) is 4.98 Å². The molecule has 0 bridgehead atoms. The molecule has 2 aromatic rings. The molecule has 1 amide bonds. The molecule has 22 heavy (non-hydrogen) atoms. The molecule has 0 atom stereocenters. The summed E-state index contributed by atoms with van der Waals surface area (Å²) in [5, 5.41) is 0.594. The molecule has 0 fully saturated rings. The molecule has 3 rings (SSSR count). The van der Waals surface area contributed by atoms with Crippen molar-refractivity contribution in [3.8, 4) is 0 Å². The maximum absolute atomic E-state index is 12.9. The molecular weight excluding hydrogens is 319 g/mol. The second kappa shape index (κ2) is 5.90. The summed E-state index contributed by atoms with van der Waals surface area (Å²) in [6.07, 6.45) is 1.92. The Labute approximate surface area is 139 Å². The number of aryl methyl sites for hydroxylation is 2. The van der Waals surface area contributed by atoms with E-state index < -0.39 is 0 Å². The maximum Gasteiger partial charge on any atom is 0.278 e. The fourth-order valence-corrected chi connectivity index (χ4v) is 3.32. The number of nitrogens with zero attached hydrogens (tertiary/aromatic N) is 2. The van der Waals surface area contributed by atoms with Crippen LogP contribution in [-0.2, 0) is 6.42 Å². The average Bonchev–Trinajstić information content (AvgIpc) is 2.48. The summed E-state index contributed by atoms with van der Waals surface area (Å²) in [6, 6.07) is 7.39. The van der Waals surface area contributed by atoms with Crippen LogP contribution in [0.5, 0.6) is 0 Å². The van der Waals surface area contributed by atoms with Crippen molar-refractivity contribution < 1.29 is 4.79 Å². The lowest BCUT2D eigenvalue weighted by atomic mass is 9.95. The Morgan fingerprint density at radius 2 is 2.00 bits per heavy atom. The van der Waals surface area contributed by atoms with Gasteiger partial charge in [-0.15, -0.1) is 0 Å². The third-order valence-electron chi connectivity index (χ3n) is 3.95. The van der Waals surface area contributed by atoms with Gasteiger partial charge >= 0.3 is 0 Å². The molecule has 1 aromatic carbocycles. The van der Waals surface area contributed by atoms with Crippen LogP contribution in [0.4, 0.5) is 5.69 Å². The lowest BCUT2D eigenvalue weighted by molar-refractivity contribution is 0.0980. The van der Waals surface area contributed by atoms with Gasteiger partial charge in [0.1, 0.15) is 10.8 Å². The molecule has 0 unspecified atom stereocenters. The summed E-state index contributed by atoms with van der Waals surface area (Å²) >= 11 is 12.0. The van der Waals surface area contributed by atoms with Gasteiger partial charge in [-0.25, -0.2) is 4.98 Å². The first-order valence-corrected chi connectivity index (χ1v) is 7.97. The van der Waals surface area contributed by atoms with E-state index in [9.17, 15) is 4.79 Å². The number of pyridine rings is 1. The van der Waals surface area contributed by atoms with Gasteiger partial charge in [-0.3, -0.25) is 4.79 Å². The van der Waals surface area contributed by atoms with Gasteiger partial charge in [-0.2, -0.15) is 0 Å². The molecule has 0 saturated heterocycles. The minimum Gasteiger partial charge on any atom is -0.307 e. The topological polar surface area (TPSA) is 33.2 Å². The highest BCUT2D eigenvalue weighted by atomic mass is 35.5. The number of amides is 1. The van der Waals surface area contributed by atoms with Crippen molar-refractivity contribution in [2.24, 2.45) is 0 Å². The van der Waals surface area contributed by atoms with E-state index in [1.807, 2.05) is 6.92 Å². The summed E-state index contributed by atoms with van der Waals surface area (Å²) < 4.78 is 0. The third kappa shape index (κ3) is 2.71. The Hall–Kier alpha value is -1.58. The lowest BCUT2D eigenvalue weighted by Gasteiger charge is -2.31. The predicted octanol–water partition coefficient (Wildman–Crippen LogP) is 4.60. The van der Waals surface area contributed by atoms with Crippen molar-refractivity contribution in [2.75, 3.05) is 11.4 Å². The molecule has 0 saturated carbocycles. The summed E-state index contributed by atoms with van der Waals surface area (Å²) in [4.78, 5) is 18.8. The van der Waals surface area contributed by atoms with E-state index >= 15 is 0 Å². The smallest absolute Gasteiger partial charge is 0.278 e. The first-order chi connectivity index (χ1) is 10.5. The van der Waals surface area contributed by atoms with E-state index in [0.29, 0.717) is 11.6 Å². The Balaban J connectivity index is 2.07. The van der Waals surface area contributed by atoms with Gasteiger partial charge in [-0.1, -0.05) is 29.3 Å². The van der Waals surface area contributed by atoms with E-state index in [0.717, 1.165) is 24.1 Å². The van der Waals surface area contributed by atoms with E-state index in [-0.39, 0.29) is 16.8 Å².